The van der Waals surface area contributed by atoms with Crippen molar-refractivity contribution in [1.82, 2.24) is 24.5 Å². The maximum atomic E-state index is 13.0. The number of carbonyl (C=O) groups excluding carboxylic acids is 1. The molecule has 0 aliphatic carbocycles. The van der Waals surface area contributed by atoms with Gasteiger partial charge in [-0.3, -0.25) is 14.3 Å². The first kappa shape index (κ1) is 19.4. The second-order valence-electron chi connectivity index (χ2n) is 7.20. The van der Waals surface area contributed by atoms with E-state index in [2.05, 4.69) is 42.2 Å². The van der Waals surface area contributed by atoms with Gasteiger partial charge in [0.1, 0.15) is 5.69 Å². The molecule has 3 aromatic heterocycles. The number of nitrogens with zero attached hydrogens (tertiary/aromatic N) is 4. The summed E-state index contributed by atoms with van der Waals surface area (Å²) in [5.74, 6) is -0.0657. The van der Waals surface area contributed by atoms with Gasteiger partial charge in [-0.15, -0.1) is 11.3 Å². The Bertz CT molecular complexity index is 1170. The van der Waals surface area contributed by atoms with E-state index in [0.717, 1.165) is 33.2 Å². The van der Waals surface area contributed by atoms with Crippen LogP contribution in [0.25, 0.3) is 16.2 Å². The number of aryl methyl sites for hydroxylation is 2. The third-order valence-corrected chi connectivity index (χ3v) is 5.67. The third-order valence-electron chi connectivity index (χ3n) is 4.83. The van der Waals surface area contributed by atoms with Gasteiger partial charge in [0.25, 0.3) is 5.91 Å². The van der Waals surface area contributed by atoms with Crippen molar-refractivity contribution in [3.63, 3.8) is 0 Å². The van der Waals surface area contributed by atoms with E-state index in [4.69, 9.17) is 9.72 Å². The standard InChI is InChI=1S/C21H23N5O2S/c1-13-5-6-14(2)17(7-13)18-10-26-19(12-29-21(26)22-18)20(27)25(3)9-15-8-16(11-28-4)24-23-15/h5-8,10,12H,9,11H2,1-4H3,(H,23,24). The summed E-state index contributed by atoms with van der Waals surface area (Å²) in [4.78, 5) is 20.3. The first-order valence-corrected chi connectivity index (χ1v) is 10.2. The van der Waals surface area contributed by atoms with Gasteiger partial charge in [-0.25, -0.2) is 4.98 Å². The topological polar surface area (TPSA) is 75.5 Å². The summed E-state index contributed by atoms with van der Waals surface area (Å²) in [7, 11) is 3.41. The second kappa shape index (κ2) is 7.81. The van der Waals surface area contributed by atoms with E-state index in [1.54, 1.807) is 19.1 Å². The SMILES string of the molecule is COCc1cc(CN(C)C(=O)c2csc3nc(-c4cc(C)ccc4C)cn23)[nH]n1. The van der Waals surface area contributed by atoms with E-state index in [9.17, 15) is 4.79 Å². The van der Waals surface area contributed by atoms with E-state index in [0.29, 0.717) is 18.8 Å². The highest BCUT2D eigenvalue weighted by atomic mass is 32.1. The summed E-state index contributed by atoms with van der Waals surface area (Å²) in [6.07, 6.45) is 1.95. The molecule has 0 aliphatic heterocycles. The highest BCUT2D eigenvalue weighted by Crippen LogP contribution is 2.27. The number of nitrogens with one attached hydrogen (secondary N) is 1. The number of amides is 1. The minimum Gasteiger partial charge on any atom is -0.378 e. The fourth-order valence-corrected chi connectivity index (χ4v) is 4.16. The summed E-state index contributed by atoms with van der Waals surface area (Å²) in [5, 5.41) is 9.00. The van der Waals surface area contributed by atoms with Crippen LogP contribution in [-0.4, -0.2) is 44.5 Å². The molecule has 1 amide bonds. The Kier molecular flexibility index (Phi) is 5.21. The number of benzene rings is 1. The molecule has 0 bridgehead atoms. The Morgan fingerprint density at radius 3 is 2.93 bits per heavy atom. The van der Waals surface area contributed by atoms with E-state index in [1.165, 1.54) is 16.9 Å². The maximum absolute atomic E-state index is 13.0. The van der Waals surface area contributed by atoms with Gasteiger partial charge in [-0.1, -0.05) is 17.7 Å². The molecule has 0 radical (unpaired) electrons. The molecule has 4 rings (SSSR count). The van der Waals surface area contributed by atoms with Crippen molar-refractivity contribution in [2.24, 2.45) is 0 Å². The normalized spacial score (nSPS) is 11.3. The molecule has 0 saturated heterocycles. The Labute approximate surface area is 173 Å². The number of fused-ring (bicyclic) bond motifs is 1. The number of thiazole rings is 1. The number of hydrogen-bond acceptors (Lipinski definition) is 5. The second-order valence-corrected chi connectivity index (χ2v) is 8.03. The molecule has 0 atom stereocenters. The van der Waals surface area contributed by atoms with Crippen LogP contribution in [0.1, 0.15) is 33.0 Å². The minimum atomic E-state index is -0.0657. The molecule has 29 heavy (non-hydrogen) atoms. The number of methoxy groups -OCH3 is 1. The van der Waals surface area contributed by atoms with Gasteiger partial charge in [0.15, 0.2) is 4.96 Å². The molecule has 0 spiro atoms. The van der Waals surface area contributed by atoms with Crippen LogP contribution in [0.15, 0.2) is 35.8 Å². The quantitative estimate of drug-likeness (QED) is 0.525. The Morgan fingerprint density at radius 1 is 1.31 bits per heavy atom. The van der Waals surface area contributed by atoms with Crippen molar-refractivity contribution >= 4 is 22.2 Å². The number of H-pyrrole nitrogens is 1. The van der Waals surface area contributed by atoms with Gasteiger partial charge in [-0.2, -0.15) is 5.10 Å². The van der Waals surface area contributed by atoms with Gasteiger partial charge in [-0.05, 0) is 31.5 Å². The smallest absolute Gasteiger partial charge is 0.271 e. The summed E-state index contributed by atoms with van der Waals surface area (Å²) in [6, 6.07) is 8.23. The van der Waals surface area contributed by atoms with Crippen molar-refractivity contribution < 1.29 is 9.53 Å². The number of carbonyl (C=O) groups is 1. The van der Waals surface area contributed by atoms with Crippen LogP contribution in [0.4, 0.5) is 0 Å². The van der Waals surface area contributed by atoms with Crippen LogP contribution < -0.4 is 0 Å². The monoisotopic (exact) mass is 409 g/mol. The van der Waals surface area contributed by atoms with Gasteiger partial charge in [0, 0.05) is 31.3 Å². The summed E-state index contributed by atoms with van der Waals surface area (Å²) in [6.45, 7) is 5.02. The fraction of sp³-hybridized carbons (Fsp3) is 0.286. The molecule has 1 aromatic carbocycles. The molecular weight excluding hydrogens is 386 g/mol. The predicted molar refractivity (Wildman–Crippen MR) is 113 cm³/mol. The zero-order valence-electron chi connectivity index (χ0n) is 16.9. The molecule has 1 N–H and O–H groups in total. The van der Waals surface area contributed by atoms with Crippen molar-refractivity contribution in [2.45, 2.75) is 27.0 Å². The zero-order chi connectivity index (χ0) is 20.5. The minimum absolute atomic E-state index is 0.0657. The summed E-state index contributed by atoms with van der Waals surface area (Å²) < 4.78 is 6.96. The lowest BCUT2D eigenvalue weighted by Gasteiger charge is -2.15. The molecule has 0 saturated carbocycles. The molecular formula is C21H23N5O2S. The van der Waals surface area contributed by atoms with Crippen molar-refractivity contribution in [1.29, 1.82) is 0 Å². The van der Waals surface area contributed by atoms with Crippen LogP contribution >= 0.6 is 11.3 Å². The van der Waals surface area contributed by atoms with Crippen LogP contribution in [0.2, 0.25) is 0 Å². The van der Waals surface area contributed by atoms with Gasteiger partial charge >= 0.3 is 0 Å². The third kappa shape index (κ3) is 3.81. The first-order chi connectivity index (χ1) is 14.0. The molecule has 0 aliphatic rings. The molecule has 0 unspecified atom stereocenters. The van der Waals surface area contributed by atoms with E-state index >= 15 is 0 Å². The number of aromatic amines is 1. The largest absolute Gasteiger partial charge is 0.378 e. The Hall–Kier alpha value is -2.97. The van der Waals surface area contributed by atoms with Crippen LogP contribution in [-0.2, 0) is 17.9 Å². The molecule has 150 valence electrons. The van der Waals surface area contributed by atoms with Gasteiger partial charge in [0.05, 0.1) is 30.2 Å². The first-order valence-electron chi connectivity index (χ1n) is 9.28. The number of ether oxygens (including phenoxy) is 1. The fourth-order valence-electron chi connectivity index (χ4n) is 3.31. The average molecular weight is 410 g/mol. The molecule has 0 fully saturated rings. The summed E-state index contributed by atoms with van der Waals surface area (Å²) in [5.41, 5.74) is 6.61. The Balaban J connectivity index is 1.59. The van der Waals surface area contributed by atoms with E-state index < -0.39 is 0 Å². The van der Waals surface area contributed by atoms with Crippen LogP contribution in [0.3, 0.4) is 0 Å². The van der Waals surface area contributed by atoms with E-state index in [1.807, 2.05) is 22.0 Å². The lowest BCUT2D eigenvalue weighted by molar-refractivity contribution is 0.0777. The number of aromatic nitrogens is 4. The number of imidazole rings is 1. The average Bonchev–Trinajstić information content (AvgIpc) is 3.39. The zero-order valence-corrected chi connectivity index (χ0v) is 17.7. The highest BCUT2D eigenvalue weighted by Gasteiger charge is 2.20. The van der Waals surface area contributed by atoms with Crippen molar-refractivity contribution in [3.8, 4) is 11.3 Å². The Morgan fingerprint density at radius 2 is 2.14 bits per heavy atom. The highest BCUT2D eigenvalue weighted by molar-refractivity contribution is 7.15. The van der Waals surface area contributed by atoms with Crippen LogP contribution in [0.5, 0.6) is 0 Å². The van der Waals surface area contributed by atoms with Crippen LogP contribution in [0, 0.1) is 13.8 Å². The maximum Gasteiger partial charge on any atom is 0.271 e. The molecule has 4 aromatic rings. The van der Waals surface area contributed by atoms with E-state index in [-0.39, 0.29) is 5.91 Å². The molecule has 7 nitrogen and oxygen atoms in total. The predicted octanol–water partition coefficient (Wildman–Crippen LogP) is 3.82. The number of hydrogen-bond donors (Lipinski definition) is 1. The van der Waals surface area contributed by atoms with Gasteiger partial charge < -0.3 is 9.64 Å². The molecule has 3 heterocycles. The number of rotatable bonds is 6. The lowest BCUT2D eigenvalue weighted by atomic mass is 10.0. The summed E-state index contributed by atoms with van der Waals surface area (Å²) >= 11 is 1.47. The molecule has 8 heteroatoms. The van der Waals surface area contributed by atoms with Gasteiger partial charge in [0.2, 0.25) is 0 Å². The lowest BCUT2D eigenvalue weighted by Crippen LogP contribution is -2.27. The van der Waals surface area contributed by atoms with Crippen molar-refractivity contribution in [3.05, 3.63) is 64.1 Å². The van der Waals surface area contributed by atoms with Crippen molar-refractivity contribution in [2.75, 3.05) is 14.2 Å².